The van der Waals surface area contributed by atoms with Crippen molar-refractivity contribution in [1.82, 2.24) is 19.6 Å². The molecule has 0 aliphatic rings. The summed E-state index contributed by atoms with van der Waals surface area (Å²) < 4.78 is 65.0. The molecule has 376 valence electrons. The molecule has 4 aromatic heterocycles. The molecule has 0 unspecified atom stereocenters. The van der Waals surface area contributed by atoms with E-state index in [1.165, 1.54) is 11.8 Å². The Hall–Kier alpha value is -4.83. The van der Waals surface area contributed by atoms with E-state index in [0.29, 0.717) is 45.6 Å². The Balaban J connectivity index is 0.000000795. The van der Waals surface area contributed by atoms with Crippen molar-refractivity contribution in [3.63, 3.8) is 0 Å². The summed E-state index contributed by atoms with van der Waals surface area (Å²) in [4.78, 5) is 18.4. The predicted molar refractivity (Wildman–Crippen MR) is 274 cm³/mol. The number of nitrogen functional groups attached to an aromatic ring is 3. The van der Waals surface area contributed by atoms with Gasteiger partial charge in [-0.3, -0.25) is 20.9 Å². The quantitative estimate of drug-likeness (QED) is 0.0272. The summed E-state index contributed by atoms with van der Waals surface area (Å²) in [5.74, 6) is 12.2. The molecule has 6 rings (SSSR count). The maximum absolute atomic E-state index is 11.4. The third kappa shape index (κ3) is 20.8. The van der Waals surface area contributed by atoms with Crippen molar-refractivity contribution in [3.8, 4) is 0 Å². The number of alkyl halides is 4. The maximum atomic E-state index is 11.4. The number of nitrogens with zero attached hydrogens (tertiary/aromatic N) is 5. The average molecular weight is 1070 g/mol. The predicted octanol–water partition coefficient (Wildman–Crippen LogP) is 8.12. The molecular weight excluding hydrogens is 1000 g/mol. The van der Waals surface area contributed by atoms with Crippen LogP contribution in [0.4, 0.5) is 11.6 Å². The van der Waals surface area contributed by atoms with Crippen LogP contribution in [-0.2, 0) is 39.9 Å². The summed E-state index contributed by atoms with van der Waals surface area (Å²) in [6.07, 6.45) is 0. The van der Waals surface area contributed by atoms with Gasteiger partial charge in [-0.15, -0.1) is 56.2 Å². The first-order valence-corrected chi connectivity index (χ1v) is 25.1. The van der Waals surface area contributed by atoms with E-state index in [4.69, 9.17) is 74.2 Å². The number of aryl methyl sites for hydroxylation is 12. The molecule has 23 heteroatoms. The second kappa shape index (κ2) is 29.9. The van der Waals surface area contributed by atoms with E-state index >= 15 is 0 Å². The SMILES string of the molecule is COC(=O)CCl.Cc1cc(C)c(S(=O)(=O)O)c(C)c1.Cc1cc(C)c(S(=O)(=O)ON)c(C)c1.Cc1ccc(C)[n+](N)c1N.Cc1ccc(C)c(N)n1.Cc1ccc(C)n2nc(CCl)nc12.ClCCl. The second-order valence-electron chi connectivity index (χ2n) is 14.9. The van der Waals surface area contributed by atoms with E-state index in [0.717, 1.165) is 50.5 Å². The Morgan fingerprint density at radius 1 is 0.691 bits per heavy atom. The van der Waals surface area contributed by atoms with Crippen molar-refractivity contribution in [2.45, 2.75) is 98.8 Å². The highest BCUT2D eigenvalue weighted by atomic mass is 35.5. The molecule has 0 saturated carbocycles. The van der Waals surface area contributed by atoms with Crippen LogP contribution in [0.1, 0.15) is 73.0 Å². The van der Waals surface area contributed by atoms with Crippen LogP contribution in [0.3, 0.4) is 0 Å². The van der Waals surface area contributed by atoms with Crippen molar-refractivity contribution < 1.29 is 39.9 Å². The number of ether oxygens (including phenoxy) is 1. The van der Waals surface area contributed by atoms with Gasteiger partial charge in [0, 0.05) is 23.9 Å². The summed E-state index contributed by atoms with van der Waals surface area (Å²) in [6.45, 7) is 22.3. The van der Waals surface area contributed by atoms with Crippen LogP contribution < -0.4 is 27.9 Å². The van der Waals surface area contributed by atoms with Crippen molar-refractivity contribution in [3.05, 3.63) is 134 Å². The van der Waals surface area contributed by atoms with E-state index < -0.39 is 26.2 Å². The number of carbonyl (C=O) groups excluding carboxylic acids is 1. The molecular formula is C45H64Cl4N9O8S2+. The standard InChI is InChI=1S/C9H10ClN3.C9H13NO3S.C9H12O3S.C7H11N3.C7H10N2.C3H5ClO2.CH2Cl2/c1-6-3-4-7(2)13-9(6)11-8(5-10)12-13;1-6-4-7(2)9(8(3)5-6)14(11,12)13-10;1-6-4-7(2)9(8(3)5-6)13(10,11)12;1-5-3-4-6(2)10(9)7(5)8;1-5-3-4-6(2)9-7(5)8;1-6-3(5)2-4;2-1-3/h3-4H,5H2,1-2H3;4-5H,10H2,1-3H3;4-5H,1-3H3,(H,10,11,12);3-4,8H,9H2,1-2H3;3-4H,1-2H3,(H2,8,9);2H2,1H3;1H2/p+1. The van der Waals surface area contributed by atoms with Crippen LogP contribution in [0.15, 0.2) is 70.5 Å². The molecule has 0 radical (unpaired) electrons. The number of halogens is 4. The lowest BCUT2D eigenvalue weighted by molar-refractivity contribution is -0.630. The molecule has 2 aromatic carbocycles. The fourth-order valence-electron chi connectivity index (χ4n) is 5.98. The van der Waals surface area contributed by atoms with Gasteiger partial charge in [0.25, 0.3) is 15.9 Å². The van der Waals surface area contributed by atoms with Crippen LogP contribution in [0.5, 0.6) is 0 Å². The Bertz CT molecular complexity index is 2710. The van der Waals surface area contributed by atoms with Gasteiger partial charge in [0.15, 0.2) is 11.5 Å². The highest BCUT2D eigenvalue weighted by molar-refractivity contribution is 7.86. The molecule has 17 nitrogen and oxygen atoms in total. The lowest BCUT2D eigenvalue weighted by Crippen LogP contribution is -2.50. The number of pyridine rings is 3. The smallest absolute Gasteiger partial charge is 0.320 e. The Morgan fingerprint density at radius 2 is 1.15 bits per heavy atom. The zero-order valence-corrected chi connectivity index (χ0v) is 45.2. The number of fused-ring (bicyclic) bond motifs is 1. The molecule has 0 saturated heterocycles. The van der Waals surface area contributed by atoms with Crippen LogP contribution in [0, 0.1) is 83.1 Å². The number of rotatable bonds is 5. The normalized spacial score (nSPS) is 10.4. The monoisotopic (exact) mass is 1060 g/mol. The number of anilines is 2. The molecule has 68 heavy (non-hydrogen) atoms. The fraction of sp³-hybridized carbons (Fsp3) is 0.356. The Labute approximate surface area is 420 Å². The first-order chi connectivity index (χ1) is 31.5. The van der Waals surface area contributed by atoms with Crippen LogP contribution in [0.25, 0.3) is 5.65 Å². The number of hydrogen-bond donors (Lipinski definition) is 5. The van der Waals surface area contributed by atoms with Gasteiger partial charge in [0.2, 0.25) is 0 Å². The van der Waals surface area contributed by atoms with E-state index in [2.05, 4.69) is 24.1 Å². The van der Waals surface area contributed by atoms with Gasteiger partial charge in [-0.2, -0.15) is 27.0 Å². The lowest BCUT2D eigenvalue weighted by Gasteiger charge is -2.09. The molecule has 0 bridgehead atoms. The van der Waals surface area contributed by atoms with Gasteiger partial charge in [0.1, 0.15) is 22.3 Å². The van der Waals surface area contributed by atoms with Crippen molar-refractivity contribution >= 4 is 89.9 Å². The van der Waals surface area contributed by atoms with Gasteiger partial charge >= 0.3 is 16.1 Å². The van der Waals surface area contributed by atoms with Crippen LogP contribution >= 0.6 is 46.4 Å². The third-order valence-electron chi connectivity index (χ3n) is 9.11. The largest absolute Gasteiger partial charge is 0.468 e. The average Bonchev–Trinajstić information content (AvgIpc) is 3.71. The first kappa shape index (κ1) is 63.2. The zero-order chi connectivity index (χ0) is 52.9. The zero-order valence-electron chi connectivity index (χ0n) is 40.6. The highest BCUT2D eigenvalue weighted by Gasteiger charge is 2.20. The summed E-state index contributed by atoms with van der Waals surface area (Å²) >= 11 is 20.2. The fourth-order valence-corrected chi connectivity index (χ4v) is 8.14. The van der Waals surface area contributed by atoms with Crippen molar-refractivity contribution in [2.75, 3.05) is 35.6 Å². The number of benzene rings is 2. The van der Waals surface area contributed by atoms with Gasteiger partial charge in [-0.05, 0) is 134 Å². The minimum Gasteiger partial charge on any atom is -0.468 e. The number of esters is 1. The second-order valence-corrected chi connectivity index (χ2v) is 19.1. The third-order valence-corrected chi connectivity index (χ3v) is 12.1. The summed E-state index contributed by atoms with van der Waals surface area (Å²) in [5, 5.41) is 4.46. The Kier molecular flexibility index (Phi) is 27.8. The molecule has 9 N–H and O–H groups in total. The van der Waals surface area contributed by atoms with Gasteiger partial charge in [-0.25, -0.2) is 14.5 Å². The van der Waals surface area contributed by atoms with E-state index in [1.54, 1.807) is 52.0 Å². The van der Waals surface area contributed by atoms with E-state index in [9.17, 15) is 21.6 Å². The van der Waals surface area contributed by atoms with Crippen LogP contribution in [0.2, 0.25) is 0 Å². The minimum absolute atomic E-state index is 0.0260. The van der Waals surface area contributed by atoms with Gasteiger partial charge in [-0.1, -0.05) is 47.5 Å². The number of nitrogens with two attached hydrogens (primary N) is 4. The molecule has 0 atom stereocenters. The summed E-state index contributed by atoms with van der Waals surface area (Å²) in [6, 6.07) is 18.9. The number of hydrogen-bond acceptors (Lipinski definition) is 14. The molecule has 0 aliphatic heterocycles. The minimum atomic E-state index is -4.08. The van der Waals surface area contributed by atoms with Crippen molar-refractivity contribution in [2.24, 2.45) is 5.90 Å². The topological polar surface area (TPSA) is 275 Å². The number of methoxy groups -OCH3 is 1. The van der Waals surface area contributed by atoms with Crippen LogP contribution in [-0.4, -0.2) is 65.3 Å². The molecule has 0 aliphatic carbocycles. The number of aromatic nitrogens is 5. The molecule has 0 fully saturated rings. The van der Waals surface area contributed by atoms with E-state index in [1.807, 2.05) is 96.3 Å². The maximum Gasteiger partial charge on any atom is 0.320 e. The molecule has 0 amide bonds. The Morgan fingerprint density at radius 3 is 1.50 bits per heavy atom. The van der Waals surface area contributed by atoms with Gasteiger partial charge in [0.05, 0.1) is 23.2 Å². The molecule has 6 aromatic rings. The highest BCUT2D eigenvalue weighted by Crippen LogP contribution is 2.23. The number of carbonyl (C=O) groups is 1. The molecule has 0 spiro atoms. The first-order valence-electron chi connectivity index (χ1n) is 20.1. The van der Waals surface area contributed by atoms with Crippen molar-refractivity contribution in [1.29, 1.82) is 0 Å². The van der Waals surface area contributed by atoms with E-state index in [-0.39, 0.29) is 21.0 Å². The molecule has 4 heterocycles. The summed E-state index contributed by atoms with van der Waals surface area (Å²) in [5.41, 5.74) is 22.7. The van der Waals surface area contributed by atoms with Gasteiger partial charge < -0.3 is 10.5 Å². The summed E-state index contributed by atoms with van der Waals surface area (Å²) in [7, 11) is -6.58. The lowest BCUT2D eigenvalue weighted by atomic mass is 10.1.